The molecule has 1 heterocycles. The third-order valence-corrected chi connectivity index (χ3v) is 5.16. The Hall–Kier alpha value is -3.81. The Kier molecular flexibility index (Phi) is 8.46. The second-order valence-corrected chi connectivity index (χ2v) is 7.52. The van der Waals surface area contributed by atoms with Gasteiger partial charge in [-0.05, 0) is 48.7 Å². The molecule has 3 aromatic rings. The molecule has 0 radical (unpaired) electrons. The summed E-state index contributed by atoms with van der Waals surface area (Å²) in [7, 11) is 3.24. The number of anilines is 1. The highest BCUT2D eigenvalue weighted by molar-refractivity contribution is 5.93. The smallest absolute Gasteiger partial charge is 0.319 e. The number of hydrogen-bond donors (Lipinski definition) is 3. The predicted octanol–water partition coefficient (Wildman–Crippen LogP) is 4.35. The molecule has 0 atom stereocenters. The molecule has 8 nitrogen and oxygen atoms in total. The second-order valence-electron chi connectivity index (χ2n) is 7.52. The van der Waals surface area contributed by atoms with Crippen molar-refractivity contribution in [2.45, 2.75) is 26.2 Å². The monoisotopic (exact) mass is 450 g/mol. The van der Waals surface area contributed by atoms with Crippen LogP contribution in [0.1, 0.15) is 26.2 Å². The molecule has 3 amide bonds. The van der Waals surface area contributed by atoms with E-state index in [0.717, 1.165) is 34.9 Å². The molecule has 0 saturated carbocycles. The zero-order valence-electron chi connectivity index (χ0n) is 19.2. The molecule has 2 aromatic carbocycles. The number of amides is 3. The maximum atomic E-state index is 12.2. The Balaban J connectivity index is 1.58. The molecule has 1 aromatic heterocycles. The lowest BCUT2D eigenvalue weighted by Crippen LogP contribution is -2.30. The molecule has 0 aliphatic carbocycles. The van der Waals surface area contributed by atoms with Crippen LogP contribution in [-0.2, 0) is 4.79 Å². The van der Waals surface area contributed by atoms with E-state index in [1.165, 1.54) is 0 Å². The number of carbonyl (C=O) groups is 2. The van der Waals surface area contributed by atoms with Crippen molar-refractivity contribution in [3.63, 3.8) is 0 Å². The average Bonchev–Trinajstić information content (AvgIpc) is 2.85. The lowest BCUT2D eigenvalue weighted by molar-refractivity contribution is -0.120. The maximum Gasteiger partial charge on any atom is 0.319 e. The molecule has 0 aliphatic rings. The van der Waals surface area contributed by atoms with E-state index in [1.807, 2.05) is 49.4 Å². The first-order chi connectivity index (χ1) is 16.0. The number of rotatable bonds is 10. The number of benzene rings is 2. The second kappa shape index (κ2) is 11.7. The fourth-order valence-corrected chi connectivity index (χ4v) is 3.31. The van der Waals surface area contributed by atoms with Gasteiger partial charge in [0.25, 0.3) is 0 Å². The lowest BCUT2D eigenvalue weighted by atomic mass is 10.0. The molecule has 0 fully saturated rings. The van der Waals surface area contributed by atoms with Gasteiger partial charge in [0.2, 0.25) is 5.91 Å². The number of aromatic nitrogens is 1. The molecule has 3 rings (SSSR count). The maximum absolute atomic E-state index is 12.2. The highest BCUT2D eigenvalue weighted by Crippen LogP contribution is 2.31. The minimum Gasteiger partial charge on any atom is -0.497 e. The molecule has 8 heteroatoms. The summed E-state index contributed by atoms with van der Waals surface area (Å²) < 4.78 is 10.7. The zero-order chi connectivity index (χ0) is 23.6. The first-order valence-corrected chi connectivity index (χ1v) is 11.0. The summed E-state index contributed by atoms with van der Waals surface area (Å²) >= 11 is 0. The van der Waals surface area contributed by atoms with Gasteiger partial charge in [0.15, 0.2) is 0 Å². The van der Waals surface area contributed by atoms with E-state index in [-0.39, 0.29) is 11.9 Å². The Morgan fingerprint density at radius 2 is 1.58 bits per heavy atom. The van der Waals surface area contributed by atoms with E-state index < -0.39 is 0 Å². The van der Waals surface area contributed by atoms with E-state index in [1.54, 1.807) is 20.4 Å². The topological polar surface area (TPSA) is 102 Å². The van der Waals surface area contributed by atoms with E-state index in [9.17, 15) is 9.59 Å². The molecule has 0 bridgehead atoms. The number of carbonyl (C=O) groups excluding carboxylic acids is 2. The van der Waals surface area contributed by atoms with Gasteiger partial charge in [-0.25, -0.2) is 4.79 Å². The van der Waals surface area contributed by atoms with Crippen molar-refractivity contribution in [1.29, 1.82) is 0 Å². The van der Waals surface area contributed by atoms with Gasteiger partial charge >= 0.3 is 6.03 Å². The zero-order valence-corrected chi connectivity index (χ0v) is 19.2. The van der Waals surface area contributed by atoms with Crippen LogP contribution in [0.5, 0.6) is 11.5 Å². The van der Waals surface area contributed by atoms with Crippen molar-refractivity contribution >= 4 is 28.5 Å². The minimum absolute atomic E-state index is 0.0426. The quantitative estimate of drug-likeness (QED) is 0.399. The van der Waals surface area contributed by atoms with Crippen LogP contribution in [0.2, 0.25) is 0 Å². The molecule has 0 unspecified atom stereocenters. The Morgan fingerprint density at radius 3 is 2.24 bits per heavy atom. The van der Waals surface area contributed by atoms with Gasteiger partial charge in [0, 0.05) is 48.4 Å². The Morgan fingerprint density at radius 1 is 0.879 bits per heavy atom. The summed E-state index contributed by atoms with van der Waals surface area (Å²) in [5.41, 5.74) is 3.32. The summed E-state index contributed by atoms with van der Waals surface area (Å²) in [5, 5.41) is 9.43. The van der Waals surface area contributed by atoms with Crippen LogP contribution in [0.3, 0.4) is 0 Å². The SMILES string of the molecule is CCC(=O)NCCCCNC(=O)Nc1ccc2cc(-c3cc(OC)cc(OC)c3)cnc2c1. The van der Waals surface area contributed by atoms with E-state index in [4.69, 9.17) is 9.47 Å². The molecule has 0 aliphatic heterocycles. The first kappa shape index (κ1) is 23.8. The number of hydrogen-bond acceptors (Lipinski definition) is 5. The van der Waals surface area contributed by atoms with Gasteiger partial charge in [-0.2, -0.15) is 0 Å². The lowest BCUT2D eigenvalue weighted by Gasteiger charge is -2.10. The fourth-order valence-electron chi connectivity index (χ4n) is 3.31. The summed E-state index contributed by atoms with van der Waals surface area (Å²) in [6.45, 7) is 2.98. The van der Waals surface area contributed by atoms with Crippen LogP contribution in [0, 0.1) is 0 Å². The number of methoxy groups -OCH3 is 2. The number of ether oxygens (including phenoxy) is 2. The third kappa shape index (κ3) is 6.83. The van der Waals surface area contributed by atoms with Crippen molar-refractivity contribution < 1.29 is 19.1 Å². The number of nitrogens with one attached hydrogen (secondary N) is 3. The Bertz CT molecular complexity index is 1090. The van der Waals surface area contributed by atoms with Crippen molar-refractivity contribution in [3.8, 4) is 22.6 Å². The van der Waals surface area contributed by atoms with Crippen LogP contribution >= 0.6 is 0 Å². The van der Waals surface area contributed by atoms with Gasteiger partial charge < -0.3 is 25.4 Å². The van der Waals surface area contributed by atoms with Crippen LogP contribution in [0.4, 0.5) is 10.5 Å². The normalized spacial score (nSPS) is 10.5. The van der Waals surface area contributed by atoms with Gasteiger partial charge in [0.1, 0.15) is 11.5 Å². The van der Waals surface area contributed by atoms with Gasteiger partial charge in [-0.3, -0.25) is 9.78 Å². The predicted molar refractivity (Wildman–Crippen MR) is 130 cm³/mol. The van der Waals surface area contributed by atoms with E-state index in [0.29, 0.717) is 36.7 Å². The Labute approximate surface area is 193 Å². The summed E-state index contributed by atoms with van der Waals surface area (Å²) in [5.74, 6) is 1.46. The van der Waals surface area contributed by atoms with Crippen LogP contribution in [0.25, 0.3) is 22.0 Å². The summed E-state index contributed by atoms with van der Waals surface area (Å²) in [4.78, 5) is 27.9. The minimum atomic E-state index is -0.271. The number of pyridine rings is 1. The molecule has 0 spiro atoms. The fraction of sp³-hybridized carbons (Fsp3) is 0.320. The molecule has 0 saturated heterocycles. The third-order valence-electron chi connectivity index (χ3n) is 5.16. The van der Waals surface area contributed by atoms with Crippen LogP contribution in [-0.4, -0.2) is 44.2 Å². The van der Waals surface area contributed by atoms with E-state index >= 15 is 0 Å². The first-order valence-electron chi connectivity index (χ1n) is 11.0. The molecular formula is C25H30N4O4. The molecule has 33 heavy (non-hydrogen) atoms. The molecule has 3 N–H and O–H groups in total. The van der Waals surface area contributed by atoms with E-state index in [2.05, 4.69) is 20.9 Å². The number of unbranched alkanes of at least 4 members (excludes halogenated alkanes) is 1. The standard InChI is InChI=1S/C25H30N4O4/c1-4-24(30)26-9-5-6-10-27-25(31)29-20-8-7-17-11-19(16-28-23(17)14-20)18-12-21(32-2)15-22(13-18)33-3/h7-8,11-16H,4-6,9-10H2,1-3H3,(H,26,30)(H2,27,29,31). The summed E-state index contributed by atoms with van der Waals surface area (Å²) in [6, 6.07) is 13.1. The number of nitrogens with zero attached hydrogens (tertiary/aromatic N) is 1. The molecular weight excluding hydrogens is 420 g/mol. The highest BCUT2D eigenvalue weighted by atomic mass is 16.5. The van der Waals surface area contributed by atoms with Crippen molar-refractivity contribution in [2.24, 2.45) is 0 Å². The highest BCUT2D eigenvalue weighted by Gasteiger charge is 2.08. The number of urea groups is 1. The van der Waals surface area contributed by atoms with Gasteiger partial charge in [0.05, 0.1) is 19.7 Å². The van der Waals surface area contributed by atoms with Crippen molar-refractivity contribution in [2.75, 3.05) is 32.6 Å². The summed E-state index contributed by atoms with van der Waals surface area (Å²) in [6.07, 6.45) is 3.87. The van der Waals surface area contributed by atoms with Gasteiger partial charge in [-0.15, -0.1) is 0 Å². The number of fused-ring (bicyclic) bond motifs is 1. The average molecular weight is 451 g/mol. The largest absolute Gasteiger partial charge is 0.497 e. The van der Waals surface area contributed by atoms with Crippen LogP contribution in [0.15, 0.2) is 48.7 Å². The van der Waals surface area contributed by atoms with Crippen molar-refractivity contribution in [3.05, 3.63) is 48.7 Å². The molecule has 174 valence electrons. The van der Waals surface area contributed by atoms with Gasteiger partial charge in [-0.1, -0.05) is 13.0 Å². The van der Waals surface area contributed by atoms with Crippen LogP contribution < -0.4 is 25.4 Å². The van der Waals surface area contributed by atoms with Crippen molar-refractivity contribution in [1.82, 2.24) is 15.6 Å².